The Morgan fingerprint density at radius 2 is 2.08 bits per heavy atom. The van der Waals surface area contributed by atoms with Gasteiger partial charge in [-0.3, -0.25) is 9.48 Å². The molecule has 3 rings (SSSR count). The Balaban J connectivity index is 1.63. The predicted molar refractivity (Wildman–Crippen MR) is 91.8 cm³/mol. The van der Waals surface area contributed by atoms with Crippen molar-refractivity contribution in [2.24, 2.45) is 7.05 Å². The molecule has 25 heavy (non-hydrogen) atoms. The fraction of sp³-hybridized carbons (Fsp3) is 0.375. The fourth-order valence-corrected chi connectivity index (χ4v) is 3.61. The van der Waals surface area contributed by atoms with E-state index in [2.05, 4.69) is 15.1 Å². The first-order chi connectivity index (χ1) is 11.9. The number of carbonyl (C=O) groups is 1. The normalized spacial score (nSPS) is 17.6. The largest absolute Gasteiger partial charge is 0.377 e. The Morgan fingerprint density at radius 1 is 1.32 bits per heavy atom. The van der Waals surface area contributed by atoms with Crippen molar-refractivity contribution in [3.63, 3.8) is 0 Å². The highest BCUT2D eigenvalue weighted by Crippen LogP contribution is 2.14. The average Bonchev–Trinajstić information content (AvgIpc) is 3.25. The molecular weight excluding hydrogens is 344 g/mol. The Morgan fingerprint density at radius 3 is 2.68 bits per heavy atom. The number of hydrogen-bond donors (Lipinski definition) is 2. The first kappa shape index (κ1) is 17.6. The van der Waals surface area contributed by atoms with Gasteiger partial charge in [0.1, 0.15) is 0 Å². The Hall–Kier alpha value is -2.23. The van der Waals surface area contributed by atoms with Gasteiger partial charge in [-0.15, -0.1) is 0 Å². The van der Waals surface area contributed by atoms with E-state index in [9.17, 15) is 13.2 Å². The molecule has 9 heteroatoms. The molecule has 2 aromatic rings. The van der Waals surface area contributed by atoms with Gasteiger partial charge in [-0.05, 0) is 37.1 Å². The summed E-state index contributed by atoms with van der Waals surface area (Å²) >= 11 is 0. The zero-order valence-corrected chi connectivity index (χ0v) is 14.6. The minimum absolute atomic E-state index is 0.0711. The first-order valence-electron chi connectivity index (χ1n) is 7.96. The summed E-state index contributed by atoms with van der Waals surface area (Å²) in [5, 5.41) is 6.71. The number of nitrogens with one attached hydrogen (secondary N) is 2. The van der Waals surface area contributed by atoms with Gasteiger partial charge in [0, 0.05) is 38.0 Å². The highest BCUT2D eigenvalue weighted by atomic mass is 32.2. The highest BCUT2D eigenvalue weighted by molar-refractivity contribution is 7.89. The topological polar surface area (TPSA) is 102 Å². The summed E-state index contributed by atoms with van der Waals surface area (Å²) in [4.78, 5) is 12.3. The van der Waals surface area contributed by atoms with E-state index in [1.54, 1.807) is 24.0 Å². The van der Waals surface area contributed by atoms with Crippen LogP contribution in [-0.2, 0) is 21.8 Å². The van der Waals surface area contributed by atoms with Crippen molar-refractivity contribution in [2.75, 3.05) is 18.5 Å². The third-order valence-corrected chi connectivity index (χ3v) is 5.35. The maximum absolute atomic E-state index is 12.3. The number of benzene rings is 1. The van der Waals surface area contributed by atoms with Gasteiger partial charge in [0.25, 0.3) is 5.91 Å². The van der Waals surface area contributed by atoms with Crippen molar-refractivity contribution in [3.05, 3.63) is 42.1 Å². The summed E-state index contributed by atoms with van der Waals surface area (Å²) in [5.41, 5.74) is 0.351. The maximum atomic E-state index is 12.3. The molecule has 1 aromatic carbocycles. The molecule has 1 fully saturated rings. The van der Waals surface area contributed by atoms with E-state index in [4.69, 9.17) is 4.74 Å². The van der Waals surface area contributed by atoms with Crippen molar-refractivity contribution in [3.8, 4) is 0 Å². The summed E-state index contributed by atoms with van der Waals surface area (Å²) in [6.07, 6.45) is 3.45. The molecule has 0 bridgehead atoms. The maximum Gasteiger partial charge on any atom is 0.256 e. The van der Waals surface area contributed by atoms with Gasteiger partial charge in [0.2, 0.25) is 10.0 Å². The van der Waals surface area contributed by atoms with Crippen LogP contribution in [0.1, 0.15) is 23.2 Å². The zero-order chi connectivity index (χ0) is 17.9. The molecule has 2 N–H and O–H groups in total. The SMILES string of the molecule is Cn1ccc(NC(=O)c2ccc(S(=O)(=O)NCC3CCCO3)cc2)n1. The minimum Gasteiger partial charge on any atom is -0.377 e. The second-order valence-electron chi connectivity index (χ2n) is 5.84. The summed E-state index contributed by atoms with van der Waals surface area (Å²) in [6, 6.07) is 7.43. The van der Waals surface area contributed by atoms with Crippen molar-refractivity contribution >= 4 is 21.7 Å². The molecule has 1 aliphatic heterocycles. The van der Waals surface area contributed by atoms with Crippen molar-refractivity contribution in [1.82, 2.24) is 14.5 Å². The Kier molecular flexibility index (Phi) is 5.16. The van der Waals surface area contributed by atoms with Crippen LogP contribution in [0.3, 0.4) is 0 Å². The molecule has 1 unspecified atom stereocenters. The van der Waals surface area contributed by atoms with E-state index < -0.39 is 10.0 Å². The highest BCUT2D eigenvalue weighted by Gasteiger charge is 2.20. The molecule has 8 nitrogen and oxygen atoms in total. The lowest BCUT2D eigenvalue weighted by Crippen LogP contribution is -2.31. The number of amides is 1. The lowest BCUT2D eigenvalue weighted by Gasteiger charge is -2.11. The van der Waals surface area contributed by atoms with Gasteiger partial charge in [-0.25, -0.2) is 13.1 Å². The van der Waals surface area contributed by atoms with Crippen LogP contribution in [0.4, 0.5) is 5.82 Å². The predicted octanol–water partition coefficient (Wildman–Crippen LogP) is 1.13. The van der Waals surface area contributed by atoms with E-state index in [-0.39, 0.29) is 23.5 Å². The molecule has 134 valence electrons. The number of aryl methyl sites for hydroxylation is 1. The number of aromatic nitrogens is 2. The quantitative estimate of drug-likeness (QED) is 0.800. The van der Waals surface area contributed by atoms with Crippen molar-refractivity contribution < 1.29 is 17.9 Å². The smallest absolute Gasteiger partial charge is 0.256 e. The van der Waals surface area contributed by atoms with Crippen molar-refractivity contribution in [1.29, 1.82) is 0 Å². The van der Waals surface area contributed by atoms with Crippen molar-refractivity contribution in [2.45, 2.75) is 23.8 Å². The van der Waals surface area contributed by atoms with Gasteiger partial charge < -0.3 is 10.1 Å². The van der Waals surface area contributed by atoms with Crippen LogP contribution in [0.15, 0.2) is 41.4 Å². The summed E-state index contributed by atoms with van der Waals surface area (Å²) in [7, 11) is -1.87. The number of ether oxygens (including phenoxy) is 1. The van der Waals surface area contributed by atoms with E-state index in [1.807, 2.05) is 0 Å². The fourth-order valence-electron chi connectivity index (χ4n) is 2.55. The van der Waals surface area contributed by atoms with E-state index in [1.165, 1.54) is 24.3 Å². The molecule has 0 radical (unpaired) electrons. The number of hydrogen-bond acceptors (Lipinski definition) is 5. The summed E-state index contributed by atoms with van der Waals surface area (Å²) in [6.45, 7) is 0.927. The van der Waals surface area contributed by atoms with Gasteiger partial charge >= 0.3 is 0 Å². The van der Waals surface area contributed by atoms with E-state index >= 15 is 0 Å². The second kappa shape index (κ2) is 7.34. The molecule has 1 amide bonds. The minimum atomic E-state index is -3.62. The molecule has 1 atom stereocenters. The molecule has 1 aliphatic rings. The van der Waals surface area contributed by atoms with Crippen LogP contribution in [0.5, 0.6) is 0 Å². The van der Waals surface area contributed by atoms with Crippen LogP contribution in [0.25, 0.3) is 0 Å². The van der Waals surface area contributed by atoms with Crippen LogP contribution in [0.2, 0.25) is 0 Å². The third-order valence-electron chi connectivity index (χ3n) is 3.91. The lowest BCUT2D eigenvalue weighted by atomic mass is 10.2. The Bertz CT molecular complexity index is 839. The number of anilines is 1. The second-order valence-corrected chi connectivity index (χ2v) is 7.61. The standard InChI is InChI=1S/C16H20N4O4S/c1-20-9-8-15(19-20)18-16(21)12-4-6-14(7-5-12)25(22,23)17-11-13-3-2-10-24-13/h4-9,13,17H,2-3,10-11H2,1H3,(H,18,19,21). The molecule has 0 aliphatic carbocycles. The van der Waals surface area contributed by atoms with Gasteiger partial charge in [-0.2, -0.15) is 5.10 Å². The summed E-state index contributed by atoms with van der Waals surface area (Å²) in [5.74, 6) is 0.0809. The number of sulfonamides is 1. The summed E-state index contributed by atoms with van der Waals surface area (Å²) < 4.78 is 34.1. The van der Waals surface area contributed by atoms with Crippen LogP contribution in [0, 0.1) is 0 Å². The van der Waals surface area contributed by atoms with Gasteiger partial charge in [0.15, 0.2) is 5.82 Å². The lowest BCUT2D eigenvalue weighted by molar-refractivity contribution is 0.102. The first-order valence-corrected chi connectivity index (χ1v) is 9.45. The van der Waals surface area contributed by atoms with Gasteiger partial charge in [-0.1, -0.05) is 0 Å². The van der Waals surface area contributed by atoms with Crippen LogP contribution in [-0.4, -0.2) is 43.4 Å². The molecule has 0 spiro atoms. The van der Waals surface area contributed by atoms with Crippen LogP contribution >= 0.6 is 0 Å². The van der Waals surface area contributed by atoms with Gasteiger partial charge in [0.05, 0.1) is 11.0 Å². The molecule has 2 heterocycles. The van der Waals surface area contributed by atoms with E-state index in [0.717, 1.165) is 12.8 Å². The third kappa shape index (κ3) is 4.44. The molecular formula is C16H20N4O4S. The van der Waals surface area contributed by atoms with Crippen LogP contribution < -0.4 is 10.0 Å². The van der Waals surface area contributed by atoms with E-state index in [0.29, 0.717) is 18.0 Å². The number of nitrogens with zero attached hydrogens (tertiary/aromatic N) is 2. The number of rotatable bonds is 6. The zero-order valence-electron chi connectivity index (χ0n) is 13.8. The Labute approximate surface area is 146 Å². The molecule has 1 aromatic heterocycles. The number of carbonyl (C=O) groups excluding carboxylic acids is 1. The monoisotopic (exact) mass is 364 g/mol. The molecule has 0 saturated carbocycles. The average molecular weight is 364 g/mol. The molecule has 1 saturated heterocycles.